The Bertz CT molecular complexity index is 784. The van der Waals surface area contributed by atoms with Gasteiger partial charge in [-0.1, -0.05) is 30.3 Å². The molecular formula is C17H17BrN4O. The van der Waals surface area contributed by atoms with Crippen molar-refractivity contribution in [3.63, 3.8) is 0 Å². The summed E-state index contributed by atoms with van der Waals surface area (Å²) in [6, 6.07) is 10.3. The van der Waals surface area contributed by atoms with Crippen LogP contribution < -0.4 is 4.74 Å². The van der Waals surface area contributed by atoms with Gasteiger partial charge in [0.05, 0.1) is 16.8 Å². The van der Waals surface area contributed by atoms with Gasteiger partial charge in [0.2, 0.25) is 5.88 Å². The lowest BCUT2D eigenvalue weighted by atomic mass is 10.1. The Morgan fingerprint density at radius 3 is 2.48 bits per heavy atom. The van der Waals surface area contributed by atoms with Gasteiger partial charge >= 0.3 is 0 Å². The fourth-order valence-electron chi connectivity index (χ4n) is 2.37. The van der Waals surface area contributed by atoms with Gasteiger partial charge in [-0.3, -0.25) is 0 Å². The summed E-state index contributed by atoms with van der Waals surface area (Å²) in [5, 5.41) is 4.55. The highest BCUT2D eigenvalue weighted by molar-refractivity contribution is 9.10. The summed E-state index contributed by atoms with van der Waals surface area (Å²) in [5.74, 6) is 1.17. The second-order valence-electron chi connectivity index (χ2n) is 5.08. The Morgan fingerprint density at radius 2 is 1.83 bits per heavy atom. The molecule has 0 bridgehead atoms. The molecule has 0 radical (unpaired) electrons. The summed E-state index contributed by atoms with van der Waals surface area (Å²) in [5.41, 5.74) is 3.26. The molecule has 0 spiro atoms. The van der Waals surface area contributed by atoms with E-state index in [1.54, 1.807) is 17.1 Å². The highest BCUT2D eigenvalue weighted by Crippen LogP contribution is 2.26. The van der Waals surface area contributed by atoms with Crippen LogP contribution in [0, 0.1) is 6.92 Å². The summed E-state index contributed by atoms with van der Waals surface area (Å²) in [7, 11) is 0. The summed E-state index contributed by atoms with van der Waals surface area (Å²) in [6.45, 7) is 4.54. The minimum absolute atomic E-state index is 0.533. The first-order valence-corrected chi connectivity index (χ1v) is 8.21. The van der Waals surface area contributed by atoms with E-state index < -0.39 is 0 Å². The molecule has 2 aromatic heterocycles. The fourth-order valence-corrected chi connectivity index (χ4v) is 2.58. The molecule has 118 valence electrons. The maximum atomic E-state index is 5.72. The van der Waals surface area contributed by atoms with E-state index in [9.17, 15) is 0 Å². The van der Waals surface area contributed by atoms with Gasteiger partial charge in [0, 0.05) is 24.4 Å². The van der Waals surface area contributed by atoms with Gasteiger partial charge in [-0.25, -0.2) is 9.97 Å². The first-order chi connectivity index (χ1) is 11.2. The van der Waals surface area contributed by atoms with Crippen LogP contribution in [-0.4, -0.2) is 26.4 Å². The van der Waals surface area contributed by atoms with Crippen LogP contribution in [0.4, 0.5) is 0 Å². The molecule has 6 heteroatoms. The number of nitrogens with zero attached hydrogens (tertiary/aromatic N) is 4. The third-order valence-electron chi connectivity index (χ3n) is 3.50. The maximum Gasteiger partial charge on any atom is 0.250 e. The molecule has 0 aliphatic heterocycles. The first kappa shape index (κ1) is 15.7. The van der Waals surface area contributed by atoms with Crippen LogP contribution in [-0.2, 0) is 6.42 Å². The minimum Gasteiger partial charge on any atom is -0.477 e. The van der Waals surface area contributed by atoms with E-state index in [1.165, 1.54) is 5.56 Å². The van der Waals surface area contributed by atoms with Gasteiger partial charge in [0.25, 0.3) is 5.95 Å². The molecule has 0 fully saturated rings. The summed E-state index contributed by atoms with van der Waals surface area (Å²) in [4.78, 5) is 8.64. The SMILES string of the molecule is CCOc1nn(-c2ncc(Br)cn2)c(C)c1Cc1ccccc1. The van der Waals surface area contributed by atoms with E-state index >= 15 is 0 Å². The lowest BCUT2D eigenvalue weighted by Gasteiger charge is -2.05. The Hall–Kier alpha value is -2.21. The lowest BCUT2D eigenvalue weighted by molar-refractivity contribution is 0.321. The Labute approximate surface area is 143 Å². The molecule has 0 unspecified atom stereocenters. The first-order valence-electron chi connectivity index (χ1n) is 7.42. The largest absolute Gasteiger partial charge is 0.477 e. The molecule has 3 aromatic rings. The van der Waals surface area contributed by atoms with Gasteiger partial charge < -0.3 is 4.74 Å². The van der Waals surface area contributed by atoms with Crippen molar-refractivity contribution >= 4 is 15.9 Å². The highest BCUT2D eigenvalue weighted by Gasteiger charge is 2.18. The number of rotatable bonds is 5. The van der Waals surface area contributed by atoms with Gasteiger partial charge in [-0.15, -0.1) is 5.10 Å². The molecule has 0 atom stereocenters. The number of halogens is 1. The van der Waals surface area contributed by atoms with E-state index in [-0.39, 0.29) is 0 Å². The van der Waals surface area contributed by atoms with Gasteiger partial charge in [-0.2, -0.15) is 4.68 Å². The van der Waals surface area contributed by atoms with E-state index in [0.717, 1.165) is 22.2 Å². The van der Waals surface area contributed by atoms with Crippen LogP contribution in [0.15, 0.2) is 47.2 Å². The monoisotopic (exact) mass is 372 g/mol. The number of ether oxygens (including phenoxy) is 1. The Morgan fingerprint density at radius 1 is 1.13 bits per heavy atom. The zero-order chi connectivity index (χ0) is 16.2. The third-order valence-corrected chi connectivity index (χ3v) is 3.91. The molecule has 0 N–H and O–H groups in total. The van der Waals surface area contributed by atoms with Crippen molar-refractivity contribution in [2.24, 2.45) is 0 Å². The molecule has 23 heavy (non-hydrogen) atoms. The molecule has 5 nitrogen and oxygen atoms in total. The number of hydrogen-bond donors (Lipinski definition) is 0. The van der Waals surface area contributed by atoms with E-state index in [1.807, 2.05) is 32.0 Å². The molecule has 0 aliphatic carbocycles. The summed E-state index contributed by atoms with van der Waals surface area (Å²) < 4.78 is 8.28. The average Bonchev–Trinajstić information content (AvgIpc) is 2.86. The van der Waals surface area contributed by atoms with Gasteiger partial charge in [0.15, 0.2) is 0 Å². The van der Waals surface area contributed by atoms with Gasteiger partial charge in [0.1, 0.15) is 0 Å². The summed E-state index contributed by atoms with van der Waals surface area (Å²) in [6.07, 6.45) is 4.18. The van der Waals surface area contributed by atoms with E-state index in [0.29, 0.717) is 18.4 Å². The number of aromatic nitrogens is 4. The molecule has 0 aliphatic rings. The van der Waals surface area contributed by atoms with E-state index in [4.69, 9.17) is 4.74 Å². The zero-order valence-corrected chi connectivity index (χ0v) is 14.6. The molecular weight excluding hydrogens is 356 g/mol. The van der Waals surface area contributed by atoms with Crippen molar-refractivity contribution in [1.29, 1.82) is 0 Å². The predicted octanol–water partition coefficient (Wildman–Crippen LogP) is 3.72. The minimum atomic E-state index is 0.533. The van der Waals surface area contributed by atoms with E-state index in [2.05, 4.69) is 43.1 Å². The molecule has 0 amide bonds. The quantitative estimate of drug-likeness (QED) is 0.684. The van der Waals surface area contributed by atoms with Gasteiger partial charge in [-0.05, 0) is 35.3 Å². The molecule has 0 saturated heterocycles. The predicted molar refractivity (Wildman–Crippen MR) is 92.0 cm³/mol. The molecule has 1 aromatic carbocycles. The normalized spacial score (nSPS) is 10.7. The smallest absolute Gasteiger partial charge is 0.250 e. The van der Waals surface area contributed by atoms with Crippen LogP contribution in [0.5, 0.6) is 5.88 Å². The van der Waals surface area contributed by atoms with Crippen molar-refractivity contribution in [2.75, 3.05) is 6.61 Å². The lowest BCUT2D eigenvalue weighted by Crippen LogP contribution is -2.04. The van der Waals surface area contributed by atoms with Crippen molar-refractivity contribution in [1.82, 2.24) is 19.7 Å². The van der Waals surface area contributed by atoms with Crippen molar-refractivity contribution < 1.29 is 4.74 Å². The van der Waals surface area contributed by atoms with Crippen LogP contribution in [0.25, 0.3) is 5.95 Å². The summed E-state index contributed by atoms with van der Waals surface area (Å²) >= 11 is 3.35. The van der Waals surface area contributed by atoms with Crippen molar-refractivity contribution in [2.45, 2.75) is 20.3 Å². The molecule has 2 heterocycles. The standard InChI is InChI=1S/C17H17BrN4O/c1-3-23-16-15(9-13-7-5-4-6-8-13)12(2)22(21-16)17-19-10-14(18)11-20-17/h4-8,10-11H,3,9H2,1-2H3. The Balaban J connectivity index is 2.02. The van der Waals surface area contributed by atoms with Crippen LogP contribution in [0.3, 0.4) is 0 Å². The third kappa shape index (κ3) is 3.42. The highest BCUT2D eigenvalue weighted by atomic mass is 79.9. The second kappa shape index (κ2) is 6.91. The molecule has 3 rings (SSSR count). The van der Waals surface area contributed by atoms with Crippen molar-refractivity contribution in [3.05, 3.63) is 64.0 Å². The second-order valence-corrected chi connectivity index (χ2v) is 5.99. The zero-order valence-electron chi connectivity index (χ0n) is 13.0. The van der Waals surface area contributed by atoms with Crippen LogP contribution in [0.2, 0.25) is 0 Å². The van der Waals surface area contributed by atoms with Crippen LogP contribution >= 0.6 is 15.9 Å². The number of hydrogen-bond acceptors (Lipinski definition) is 4. The maximum absolute atomic E-state index is 5.72. The average molecular weight is 373 g/mol. The fraction of sp³-hybridized carbons (Fsp3) is 0.235. The molecule has 0 saturated carbocycles. The number of benzene rings is 1. The topological polar surface area (TPSA) is 52.8 Å². The van der Waals surface area contributed by atoms with Crippen LogP contribution in [0.1, 0.15) is 23.7 Å². The Kier molecular flexibility index (Phi) is 4.71. The van der Waals surface area contributed by atoms with Crippen molar-refractivity contribution in [3.8, 4) is 11.8 Å².